The summed E-state index contributed by atoms with van der Waals surface area (Å²) in [6.45, 7) is 6.12. The van der Waals surface area contributed by atoms with Gasteiger partial charge in [0.25, 0.3) is 5.89 Å². The van der Waals surface area contributed by atoms with Crippen LogP contribution in [0.2, 0.25) is 0 Å². The minimum absolute atomic E-state index is 0.0453. The molecule has 2 aromatic rings. The van der Waals surface area contributed by atoms with Crippen LogP contribution in [0.3, 0.4) is 0 Å². The van der Waals surface area contributed by atoms with Gasteiger partial charge in [0.15, 0.2) is 11.6 Å². The van der Waals surface area contributed by atoms with E-state index < -0.39 is 0 Å². The highest BCUT2D eigenvalue weighted by atomic mass is 16.5. The van der Waals surface area contributed by atoms with Crippen molar-refractivity contribution in [2.45, 2.75) is 52.3 Å². The van der Waals surface area contributed by atoms with Crippen LogP contribution in [0.15, 0.2) is 9.05 Å². The predicted molar refractivity (Wildman–Crippen MR) is 80.2 cm³/mol. The van der Waals surface area contributed by atoms with E-state index in [-0.39, 0.29) is 6.10 Å². The van der Waals surface area contributed by atoms with Crippen molar-refractivity contribution in [1.82, 2.24) is 25.2 Å². The molecule has 0 N–H and O–H groups in total. The summed E-state index contributed by atoms with van der Waals surface area (Å²) in [5, 5.41) is 8.01. The van der Waals surface area contributed by atoms with Gasteiger partial charge in [-0.05, 0) is 25.8 Å². The predicted octanol–water partition coefficient (Wildman–Crippen LogP) is 2.13. The summed E-state index contributed by atoms with van der Waals surface area (Å²) in [6.07, 6.45) is 2.76. The minimum Gasteiger partial charge on any atom is -0.368 e. The summed E-state index contributed by atoms with van der Waals surface area (Å²) < 4.78 is 16.1. The molecule has 1 aliphatic rings. The fourth-order valence-electron chi connectivity index (χ4n) is 2.57. The van der Waals surface area contributed by atoms with Gasteiger partial charge in [-0.15, -0.1) is 0 Å². The van der Waals surface area contributed by atoms with E-state index in [9.17, 15) is 0 Å². The molecule has 0 spiro atoms. The smallest absolute Gasteiger partial charge is 0.255 e. The molecule has 23 heavy (non-hydrogen) atoms. The zero-order chi connectivity index (χ0) is 16.2. The average molecular weight is 321 g/mol. The lowest BCUT2D eigenvalue weighted by Gasteiger charge is -2.10. The first-order valence-electron chi connectivity index (χ1n) is 8.04. The summed E-state index contributed by atoms with van der Waals surface area (Å²) in [5.41, 5.74) is 0. The Hall–Kier alpha value is -1.80. The van der Waals surface area contributed by atoms with Gasteiger partial charge in [-0.1, -0.05) is 24.2 Å². The van der Waals surface area contributed by atoms with Crippen molar-refractivity contribution in [1.29, 1.82) is 0 Å². The highest BCUT2D eigenvalue weighted by molar-refractivity contribution is 4.93. The van der Waals surface area contributed by atoms with Crippen molar-refractivity contribution in [3.8, 4) is 0 Å². The van der Waals surface area contributed by atoms with E-state index in [0.717, 1.165) is 31.7 Å². The first kappa shape index (κ1) is 16.1. The lowest BCUT2D eigenvalue weighted by atomic mass is 10.1. The molecule has 8 nitrogen and oxygen atoms in total. The Morgan fingerprint density at radius 3 is 2.70 bits per heavy atom. The molecule has 0 bridgehead atoms. The number of hydrogen-bond acceptors (Lipinski definition) is 8. The molecule has 0 aliphatic carbocycles. The van der Waals surface area contributed by atoms with Crippen molar-refractivity contribution in [2.75, 3.05) is 13.7 Å². The van der Waals surface area contributed by atoms with Crippen molar-refractivity contribution >= 4 is 0 Å². The maximum atomic E-state index is 5.54. The van der Waals surface area contributed by atoms with Crippen LogP contribution >= 0.6 is 0 Å². The minimum atomic E-state index is -0.0453. The van der Waals surface area contributed by atoms with Crippen molar-refractivity contribution < 1.29 is 13.8 Å². The van der Waals surface area contributed by atoms with Gasteiger partial charge in [0.2, 0.25) is 5.89 Å². The van der Waals surface area contributed by atoms with E-state index in [2.05, 4.69) is 34.1 Å². The molecule has 1 atom stereocenters. The van der Waals surface area contributed by atoms with Gasteiger partial charge in [-0.2, -0.15) is 9.97 Å². The molecule has 0 saturated carbocycles. The Labute approximate surface area is 135 Å². The SMILES string of the molecule is CC(C)Cc1noc(CN(C)Cc2noc([C@@H]3CCCO3)n2)n1. The highest BCUT2D eigenvalue weighted by Crippen LogP contribution is 2.27. The molecular formula is C15H23N5O3. The van der Waals surface area contributed by atoms with Crippen LogP contribution in [0.1, 0.15) is 56.2 Å². The standard InChI is InChI=1S/C15H23N5O3/c1-10(2)7-12-16-14(22-18-12)9-20(3)8-13-17-15(23-19-13)11-5-4-6-21-11/h10-11H,4-9H2,1-3H3/t11-/m0/s1. The molecular weight excluding hydrogens is 298 g/mol. The lowest BCUT2D eigenvalue weighted by Crippen LogP contribution is -2.18. The van der Waals surface area contributed by atoms with Crippen LogP contribution in [-0.2, 0) is 24.2 Å². The summed E-state index contributed by atoms with van der Waals surface area (Å²) in [6, 6.07) is 0. The van der Waals surface area contributed by atoms with Gasteiger partial charge < -0.3 is 13.8 Å². The quantitative estimate of drug-likeness (QED) is 0.766. The first-order chi connectivity index (χ1) is 11.1. The van der Waals surface area contributed by atoms with Crippen molar-refractivity contribution in [3.63, 3.8) is 0 Å². The van der Waals surface area contributed by atoms with Gasteiger partial charge in [-0.25, -0.2) is 0 Å². The zero-order valence-corrected chi connectivity index (χ0v) is 13.9. The monoisotopic (exact) mass is 321 g/mol. The van der Waals surface area contributed by atoms with Crippen LogP contribution in [0.25, 0.3) is 0 Å². The van der Waals surface area contributed by atoms with Gasteiger partial charge in [-0.3, -0.25) is 4.90 Å². The Bertz CT molecular complexity index is 618. The Morgan fingerprint density at radius 2 is 1.96 bits per heavy atom. The second-order valence-corrected chi connectivity index (χ2v) is 6.43. The van der Waals surface area contributed by atoms with Crippen molar-refractivity contribution in [2.24, 2.45) is 5.92 Å². The van der Waals surface area contributed by atoms with Gasteiger partial charge in [0.05, 0.1) is 13.1 Å². The molecule has 126 valence electrons. The zero-order valence-electron chi connectivity index (χ0n) is 13.9. The van der Waals surface area contributed by atoms with E-state index in [1.54, 1.807) is 0 Å². The van der Waals surface area contributed by atoms with Crippen LogP contribution in [0.5, 0.6) is 0 Å². The topological polar surface area (TPSA) is 90.3 Å². The maximum Gasteiger partial charge on any atom is 0.255 e. The number of nitrogens with zero attached hydrogens (tertiary/aromatic N) is 5. The van der Waals surface area contributed by atoms with Crippen LogP contribution in [0, 0.1) is 5.92 Å². The third-order valence-corrected chi connectivity index (χ3v) is 3.61. The third-order valence-electron chi connectivity index (χ3n) is 3.61. The van der Waals surface area contributed by atoms with E-state index in [1.807, 2.05) is 11.9 Å². The molecule has 3 heterocycles. The second-order valence-electron chi connectivity index (χ2n) is 6.43. The van der Waals surface area contributed by atoms with E-state index in [4.69, 9.17) is 13.8 Å². The average Bonchev–Trinajstić information content (AvgIpc) is 3.19. The summed E-state index contributed by atoms with van der Waals surface area (Å²) in [7, 11) is 1.95. The number of rotatable bonds is 7. The van der Waals surface area contributed by atoms with E-state index in [0.29, 0.717) is 36.6 Å². The Morgan fingerprint density at radius 1 is 1.13 bits per heavy atom. The first-order valence-corrected chi connectivity index (χ1v) is 8.04. The van der Waals surface area contributed by atoms with Crippen molar-refractivity contribution in [3.05, 3.63) is 23.4 Å². The summed E-state index contributed by atoms with van der Waals surface area (Å²) >= 11 is 0. The normalized spacial score (nSPS) is 18.4. The fraction of sp³-hybridized carbons (Fsp3) is 0.733. The van der Waals surface area contributed by atoms with Crippen LogP contribution < -0.4 is 0 Å². The van der Waals surface area contributed by atoms with E-state index in [1.165, 1.54) is 0 Å². The number of ether oxygens (including phenoxy) is 1. The third kappa shape index (κ3) is 4.35. The van der Waals surface area contributed by atoms with Gasteiger partial charge >= 0.3 is 0 Å². The maximum absolute atomic E-state index is 5.54. The van der Waals surface area contributed by atoms with E-state index >= 15 is 0 Å². The molecule has 0 unspecified atom stereocenters. The highest BCUT2D eigenvalue weighted by Gasteiger charge is 2.24. The van der Waals surface area contributed by atoms with Gasteiger partial charge in [0.1, 0.15) is 6.10 Å². The molecule has 3 rings (SSSR count). The number of aromatic nitrogens is 4. The second kappa shape index (κ2) is 7.18. The Kier molecular flexibility index (Phi) is 5.02. The molecule has 1 saturated heterocycles. The molecule has 0 radical (unpaired) electrons. The lowest BCUT2D eigenvalue weighted by molar-refractivity contribution is 0.0835. The fourth-order valence-corrected chi connectivity index (χ4v) is 2.57. The molecule has 0 amide bonds. The van der Waals surface area contributed by atoms with Crippen LogP contribution in [-0.4, -0.2) is 38.8 Å². The molecule has 2 aromatic heterocycles. The molecule has 1 aliphatic heterocycles. The van der Waals surface area contributed by atoms with Crippen LogP contribution in [0.4, 0.5) is 0 Å². The number of hydrogen-bond donors (Lipinski definition) is 0. The molecule has 0 aromatic carbocycles. The Balaban J connectivity index is 1.52. The summed E-state index contributed by atoms with van der Waals surface area (Å²) in [5.74, 6) is 3.08. The largest absolute Gasteiger partial charge is 0.368 e. The molecule has 8 heteroatoms. The summed E-state index contributed by atoms with van der Waals surface area (Å²) in [4.78, 5) is 10.8. The van der Waals surface area contributed by atoms with Gasteiger partial charge in [0, 0.05) is 13.0 Å². The molecule has 1 fully saturated rings.